The highest BCUT2D eigenvalue weighted by molar-refractivity contribution is 7.80. The monoisotopic (exact) mass is 366 g/mol. The quantitative estimate of drug-likeness (QED) is 0.657. The Morgan fingerprint density at radius 1 is 1.15 bits per heavy atom. The number of rotatable bonds is 6. The first-order valence-electron chi connectivity index (χ1n) is 8.72. The second kappa shape index (κ2) is 8.58. The molecular formula is C20H22N4OS. The van der Waals surface area contributed by atoms with E-state index in [1.54, 1.807) is 6.07 Å². The molecular weight excluding hydrogens is 344 g/mol. The fourth-order valence-electron chi connectivity index (χ4n) is 2.79. The minimum atomic E-state index is -0.121. The van der Waals surface area contributed by atoms with Gasteiger partial charge in [-0.3, -0.25) is 4.79 Å². The molecule has 2 aromatic carbocycles. The van der Waals surface area contributed by atoms with Crippen LogP contribution in [0.3, 0.4) is 0 Å². The summed E-state index contributed by atoms with van der Waals surface area (Å²) in [6, 6.07) is 17.6. The lowest BCUT2D eigenvalue weighted by Crippen LogP contribution is -2.40. The van der Waals surface area contributed by atoms with E-state index in [4.69, 9.17) is 12.2 Å². The van der Waals surface area contributed by atoms with E-state index in [2.05, 4.69) is 27.4 Å². The van der Waals surface area contributed by atoms with Crippen molar-refractivity contribution in [3.63, 3.8) is 0 Å². The van der Waals surface area contributed by atoms with Gasteiger partial charge in [0.2, 0.25) is 0 Å². The molecule has 0 aliphatic heterocycles. The van der Waals surface area contributed by atoms with Crippen molar-refractivity contribution in [1.82, 2.24) is 20.2 Å². The Morgan fingerprint density at radius 2 is 1.88 bits per heavy atom. The number of thiocarbonyl (C=S) groups is 1. The molecule has 0 spiro atoms. The molecule has 0 saturated carbocycles. The largest absolute Gasteiger partial charge is 0.362 e. The van der Waals surface area contributed by atoms with Crippen molar-refractivity contribution in [2.24, 2.45) is 0 Å². The Balaban J connectivity index is 1.63. The van der Waals surface area contributed by atoms with Crippen LogP contribution in [-0.4, -0.2) is 33.1 Å². The molecule has 2 N–H and O–H groups in total. The Bertz CT molecular complexity index is 939. The number of para-hydroxylation sites is 1. The predicted molar refractivity (Wildman–Crippen MR) is 109 cm³/mol. The zero-order valence-electron chi connectivity index (χ0n) is 14.7. The number of benzene rings is 2. The first-order valence-corrected chi connectivity index (χ1v) is 9.13. The molecule has 1 aromatic heterocycles. The number of nitrogens with one attached hydrogen (secondary N) is 2. The molecule has 0 unspecified atom stereocenters. The smallest absolute Gasteiger partial charge is 0.258 e. The predicted octanol–water partition coefficient (Wildman–Crippen LogP) is 2.86. The number of H-pyrrole nitrogens is 1. The molecule has 0 fully saturated rings. The van der Waals surface area contributed by atoms with E-state index in [1.807, 2.05) is 48.2 Å². The van der Waals surface area contributed by atoms with Crippen molar-refractivity contribution in [3.8, 4) is 0 Å². The molecule has 3 rings (SSSR count). The number of fused-ring (bicyclic) bond motifs is 1. The number of hydrogen-bond acceptors (Lipinski definition) is 3. The lowest BCUT2D eigenvalue weighted by Gasteiger charge is -2.24. The highest BCUT2D eigenvalue weighted by atomic mass is 32.1. The van der Waals surface area contributed by atoms with Crippen LogP contribution in [0.4, 0.5) is 0 Å². The van der Waals surface area contributed by atoms with E-state index >= 15 is 0 Å². The second-order valence-electron chi connectivity index (χ2n) is 6.01. The SMILES string of the molecule is CCN(Cc1nc2ccccc2c(=O)[nH]1)C(=S)NCCc1ccccc1. The average molecular weight is 366 g/mol. The van der Waals surface area contributed by atoms with Gasteiger partial charge in [-0.15, -0.1) is 0 Å². The van der Waals surface area contributed by atoms with Gasteiger partial charge in [-0.05, 0) is 43.3 Å². The van der Waals surface area contributed by atoms with Crippen molar-refractivity contribution in [3.05, 3.63) is 76.3 Å². The molecule has 0 amide bonds. The molecule has 0 aliphatic rings. The maximum Gasteiger partial charge on any atom is 0.258 e. The van der Waals surface area contributed by atoms with E-state index in [-0.39, 0.29) is 5.56 Å². The molecule has 26 heavy (non-hydrogen) atoms. The van der Waals surface area contributed by atoms with Crippen LogP contribution in [0.2, 0.25) is 0 Å². The van der Waals surface area contributed by atoms with Gasteiger partial charge in [0, 0.05) is 13.1 Å². The second-order valence-corrected chi connectivity index (χ2v) is 6.40. The third kappa shape index (κ3) is 4.46. The van der Waals surface area contributed by atoms with E-state index < -0.39 is 0 Å². The van der Waals surface area contributed by atoms with Gasteiger partial charge in [-0.1, -0.05) is 42.5 Å². The zero-order chi connectivity index (χ0) is 18.4. The van der Waals surface area contributed by atoms with E-state index in [9.17, 15) is 4.79 Å². The number of aromatic amines is 1. The summed E-state index contributed by atoms with van der Waals surface area (Å²) in [7, 11) is 0. The van der Waals surface area contributed by atoms with Gasteiger partial charge in [0.1, 0.15) is 5.82 Å². The lowest BCUT2D eigenvalue weighted by atomic mass is 10.1. The van der Waals surface area contributed by atoms with Crippen LogP contribution in [0.1, 0.15) is 18.3 Å². The molecule has 0 saturated heterocycles. The van der Waals surface area contributed by atoms with Gasteiger partial charge in [0.05, 0.1) is 17.4 Å². The first kappa shape index (κ1) is 18.1. The molecule has 3 aromatic rings. The fourth-order valence-corrected chi connectivity index (χ4v) is 3.08. The van der Waals surface area contributed by atoms with Gasteiger partial charge in [-0.25, -0.2) is 4.98 Å². The first-order chi connectivity index (χ1) is 12.7. The third-order valence-corrected chi connectivity index (χ3v) is 4.61. The molecule has 5 nitrogen and oxygen atoms in total. The zero-order valence-corrected chi connectivity index (χ0v) is 15.6. The summed E-state index contributed by atoms with van der Waals surface area (Å²) in [6.45, 7) is 3.99. The number of hydrogen-bond donors (Lipinski definition) is 2. The molecule has 0 atom stereocenters. The van der Waals surface area contributed by atoms with Crippen LogP contribution in [0.5, 0.6) is 0 Å². The Hall–Kier alpha value is -2.73. The molecule has 6 heteroatoms. The van der Waals surface area contributed by atoms with Crippen molar-refractivity contribution in [1.29, 1.82) is 0 Å². The van der Waals surface area contributed by atoms with Crippen molar-refractivity contribution < 1.29 is 0 Å². The molecule has 0 aliphatic carbocycles. The Morgan fingerprint density at radius 3 is 2.65 bits per heavy atom. The van der Waals surface area contributed by atoms with Gasteiger partial charge < -0.3 is 15.2 Å². The van der Waals surface area contributed by atoms with Crippen molar-refractivity contribution in [2.75, 3.05) is 13.1 Å². The summed E-state index contributed by atoms with van der Waals surface area (Å²) in [6.07, 6.45) is 0.906. The Kier molecular flexibility index (Phi) is 5.96. The normalized spacial score (nSPS) is 10.7. The topological polar surface area (TPSA) is 61.0 Å². The van der Waals surface area contributed by atoms with Crippen LogP contribution in [-0.2, 0) is 13.0 Å². The van der Waals surface area contributed by atoms with Crippen LogP contribution in [0.25, 0.3) is 10.9 Å². The summed E-state index contributed by atoms with van der Waals surface area (Å²) in [5.74, 6) is 0.614. The highest BCUT2D eigenvalue weighted by Crippen LogP contribution is 2.07. The van der Waals surface area contributed by atoms with Gasteiger partial charge in [0.25, 0.3) is 5.56 Å². The van der Waals surface area contributed by atoms with Crippen LogP contribution in [0.15, 0.2) is 59.4 Å². The number of nitrogens with zero attached hydrogens (tertiary/aromatic N) is 2. The van der Waals surface area contributed by atoms with E-state index in [0.29, 0.717) is 28.4 Å². The van der Waals surface area contributed by atoms with Crippen molar-refractivity contribution >= 4 is 28.2 Å². The summed E-state index contributed by atoms with van der Waals surface area (Å²) < 4.78 is 0. The third-order valence-electron chi connectivity index (χ3n) is 4.20. The summed E-state index contributed by atoms with van der Waals surface area (Å²) >= 11 is 5.51. The van der Waals surface area contributed by atoms with Crippen LogP contribution < -0.4 is 10.9 Å². The van der Waals surface area contributed by atoms with Crippen molar-refractivity contribution in [2.45, 2.75) is 19.9 Å². The summed E-state index contributed by atoms with van der Waals surface area (Å²) in [5, 5.41) is 4.56. The highest BCUT2D eigenvalue weighted by Gasteiger charge is 2.11. The van der Waals surface area contributed by atoms with E-state index in [1.165, 1.54) is 5.56 Å². The molecule has 1 heterocycles. The molecule has 0 bridgehead atoms. The maximum absolute atomic E-state index is 12.2. The minimum absolute atomic E-state index is 0.121. The van der Waals surface area contributed by atoms with Crippen LogP contribution >= 0.6 is 12.2 Å². The summed E-state index contributed by atoms with van der Waals surface area (Å²) in [5.41, 5.74) is 1.85. The summed E-state index contributed by atoms with van der Waals surface area (Å²) in [4.78, 5) is 21.6. The standard InChI is InChI=1S/C20H22N4OS/c1-2-24(20(26)21-13-12-15-8-4-3-5-9-15)14-18-22-17-11-7-6-10-16(17)19(25)23-18/h3-11H,2,12-14H2,1H3,(H,21,26)(H,22,23,25). The molecule has 0 radical (unpaired) electrons. The van der Waals surface area contributed by atoms with Gasteiger partial charge >= 0.3 is 0 Å². The van der Waals surface area contributed by atoms with Crippen LogP contribution in [0, 0.1) is 0 Å². The maximum atomic E-state index is 12.2. The molecule has 134 valence electrons. The number of aromatic nitrogens is 2. The minimum Gasteiger partial charge on any atom is -0.362 e. The fraction of sp³-hybridized carbons (Fsp3) is 0.250. The Labute approximate surface area is 158 Å². The lowest BCUT2D eigenvalue weighted by molar-refractivity contribution is 0.415. The van der Waals surface area contributed by atoms with Gasteiger partial charge in [-0.2, -0.15) is 0 Å². The van der Waals surface area contributed by atoms with E-state index in [0.717, 1.165) is 19.5 Å². The van der Waals surface area contributed by atoms with Gasteiger partial charge in [0.15, 0.2) is 5.11 Å². The average Bonchev–Trinajstić information content (AvgIpc) is 2.67.